The normalized spacial score (nSPS) is 41.8. The van der Waals surface area contributed by atoms with Gasteiger partial charge >= 0.3 is 0 Å². The van der Waals surface area contributed by atoms with Crippen LogP contribution in [0.15, 0.2) is 23.8 Å². The van der Waals surface area contributed by atoms with Crippen LogP contribution in [0.1, 0.15) is 40.0 Å². The number of carbonyl (C=O) groups is 1. The Morgan fingerprint density at radius 3 is 2.82 bits per heavy atom. The fraction of sp³-hybridized carbons (Fsp3) is 0.667. The third-order valence-corrected chi connectivity index (χ3v) is 4.57. The second-order valence-corrected chi connectivity index (χ2v) is 5.96. The van der Waals surface area contributed by atoms with Crippen molar-refractivity contribution < 1.29 is 9.90 Å². The molecule has 0 unspecified atom stereocenters. The average molecular weight is 234 g/mol. The Labute approximate surface area is 103 Å². The maximum absolute atomic E-state index is 12.1. The highest BCUT2D eigenvalue weighted by atomic mass is 16.3. The Kier molecular flexibility index (Phi) is 3.03. The van der Waals surface area contributed by atoms with Gasteiger partial charge in [0.15, 0.2) is 5.78 Å². The van der Waals surface area contributed by atoms with Gasteiger partial charge in [-0.2, -0.15) is 0 Å². The molecule has 17 heavy (non-hydrogen) atoms. The minimum Gasteiger partial charge on any atom is -0.385 e. The van der Waals surface area contributed by atoms with Crippen LogP contribution in [-0.2, 0) is 4.79 Å². The molecular formula is C15H22O2. The van der Waals surface area contributed by atoms with Crippen molar-refractivity contribution >= 4 is 5.78 Å². The van der Waals surface area contributed by atoms with Gasteiger partial charge in [-0.25, -0.2) is 0 Å². The van der Waals surface area contributed by atoms with E-state index in [1.165, 1.54) is 0 Å². The van der Waals surface area contributed by atoms with Crippen molar-refractivity contribution in [3.63, 3.8) is 0 Å². The first kappa shape index (κ1) is 12.6. The van der Waals surface area contributed by atoms with Crippen LogP contribution in [0.4, 0.5) is 0 Å². The SMILES string of the molecule is C=C(C)[C@H]1C(=O)C=C(C)[C@@]2(O)CC[C@@H](C)C[C@H]12. The molecule has 1 saturated carbocycles. The number of hydrogen-bond donors (Lipinski definition) is 1. The fourth-order valence-corrected chi connectivity index (χ4v) is 3.51. The molecule has 2 nitrogen and oxygen atoms in total. The standard InChI is InChI=1S/C15H22O2/c1-9(2)14-12-7-10(3)5-6-15(12,17)11(4)8-13(14)16/h8,10,12,14,17H,1,5-7H2,2-4H3/t10-,12-,14-,15+/m1/s1. The zero-order valence-corrected chi connectivity index (χ0v) is 11.0. The molecule has 2 aliphatic carbocycles. The van der Waals surface area contributed by atoms with Gasteiger partial charge < -0.3 is 5.11 Å². The summed E-state index contributed by atoms with van der Waals surface area (Å²) in [6, 6.07) is 0. The summed E-state index contributed by atoms with van der Waals surface area (Å²) in [5, 5.41) is 10.9. The van der Waals surface area contributed by atoms with E-state index in [0.29, 0.717) is 5.92 Å². The van der Waals surface area contributed by atoms with E-state index in [2.05, 4.69) is 13.5 Å². The summed E-state index contributed by atoms with van der Waals surface area (Å²) in [6.45, 7) is 9.93. The maximum Gasteiger partial charge on any atom is 0.163 e. The van der Waals surface area contributed by atoms with Crippen molar-refractivity contribution in [1.29, 1.82) is 0 Å². The van der Waals surface area contributed by atoms with E-state index >= 15 is 0 Å². The second kappa shape index (κ2) is 4.09. The second-order valence-electron chi connectivity index (χ2n) is 5.96. The molecule has 94 valence electrons. The molecule has 2 heteroatoms. The molecule has 4 atom stereocenters. The molecule has 2 aliphatic rings. The van der Waals surface area contributed by atoms with Crippen LogP contribution in [0.2, 0.25) is 0 Å². The molecule has 0 saturated heterocycles. The van der Waals surface area contributed by atoms with E-state index in [1.807, 2.05) is 13.8 Å². The summed E-state index contributed by atoms with van der Waals surface area (Å²) in [6.07, 6.45) is 4.37. The van der Waals surface area contributed by atoms with Gasteiger partial charge in [0.2, 0.25) is 0 Å². The highest BCUT2D eigenvalue weighted by molar-refractivity contribution is 5.96. The summed E-state index contributed by atoms with van der Waals surface area (Å²) < 4.78 is 0. The number of fused-ring (bicyclic) bond motifs is 1. The van der Waals surface area contributed by atoms with Gasteiger partial charge in [-0.3, -0.25) is 4.79 Å². The first-order chi connectivity index (χ1) is 7.86. The summed E-state index contributed by atoms with van der Waals surface area (Å²) in [5.74, 6) is 0.548. The third-order valence-electron chi connectivity index (χ3n) is 4.57. The Morgan fingerprint density at radius 1 is 1.59 bits per heavy atom. The molecule has 1 fully saturated rings. The van der Waals surface area contributed by atoms with Crippen LogP contribution in [0.5, 0.6) is 0 Å². The van der Waals surface area contributed by atoms with Crippen LogP contribution in [0.25, 0.3) is 0 Å². The summed E-state index contributed by atoms with van der Waals surface area (Å²) in [5.41, 5.74) is 0.956. The maximum atomic E-state index is 12.1. The predicted octanol–water partition coefficient (Wildman–Crippen LogP) is 2.88. The Bertz CT molecular complexity index is 394. The molecule has 0 spiro atoms. The van der Waals surface area contributed by atoms with Crippen LogP contribution in [0.3, 0.4) is 0 Å². The van der Waals surface area contributed by atoms with E-state index in [0.717, 1.165) is 30.4 Å². The lowest BCUT2D eigenvalue weighted by atomic mass is 9.59. The molecule has 0 aromatic heterocycles. The Balaban J connectivity index is 2.45. The van der Waals surface area contributed by atoms with Crippen LogP contribution in [0, 0.1) is 17.8 Å². The van der Waals surface area contributed by atoms with E-state index in [4.69, 9.17) is 0 Å². The number of allylic oxidation sites excluding steroid dienone is 2. The van der Waals surface area contributed by atoms with Gasteiger partial charge in [-0.1, -0.05) is 19.1 Å². The summed E-state index contributed by atoms with van der Waals surface area (Å²) >= 11 is 0. The van der Waals surface area contributed by atoms with Crippen molar-refractivity contribution in [3.8, 4) is 0 Å². The zero-order valence-electron chi connectivity index (χ0n) is 11.0. The first-order valence-electron chi connectivity index (χ1n) is 6.46. The van der Waals surface area contributed by atoms with Crippen molar-refractivity contribution in [2.45, 2.75) is 45.6 Å². The minimum absolute atomic E-state index is 0.0289. The van der Waals surface area contributed by atoms with Gasteiger partial charge in [0.25, 0.3) is 0 Å². The van der Waals surface area contributed by atoms with Gasteiger partial charge in [0.1, 0.15) is 0 Å². The molecule has 0 aliphatic heterocycles. The van der Waals surface area contributed by atoms with E-state index in [-0.39, 0.29) is 17.6 Å². The molecule has 0 aromatic rings. The van der Waals surface area contributed by atoms with Crippen LogP contribution in [-0.4, -0.2) is 16.5 Å². The summed E-state index contributed by atoms with van der Waals surface area (Å²) in [4.78, 5) is 12.1. The van der Waals surface area contributed by atoms with Crippen LogP contribution < -0.4 is 0 Å². The third kappa shape index (κ3) is 1.89. The highest BCUT2D eigenvalue weighted by Crippen LogP contribution is 2.49. The number of carbonyl (C=O) groups excluding carboxylic acids is 1. The van der Waals surface area contributed by atoms with Crippen LogP contribution >= 0.6 is 0 Å². The predicted molar refractivity (Wildman–Crippen MR) is 68.5 cm³/mol. The summed E-state index contributed by atoms with van der Waals surface area (Å²) in [7, 11) is 0. The molecule has 2 rings (SSSR count). The molecule has 0 aromatic carbocycles. The van der Waals surface area contributed by atoms with Gasteiger partial charge in [0.05, 0.1) is 5.60 Å². The lowest BCUT2D eigenvalue weighted by Crippen LogP contribution is -2.51. The Morgan fingerprint density at radius 2 is 2.24 bits per heavy atom. The number of aliphatic hydroxyl groups is 1. The quantitative estimate of drug-likeness (QED) is 0.708. The Hall–Kier alpha value is -0.890. The van der Waals surface area contributed by atoms with Crippen molar-refractivity contribution in [3.05, 3.63) is 23.8 Å². The smallest absolute Gasteiger partial charge is 0.163 e. The van der Waals surface area contributed by atoms with E-state index < -0.39 is 5.60 Å². The largest absolute Gasteiger partial charge is 0.385 e. The van der Waals surface area contributed by atoms with E-state index in [9.17, 15) is 9.90 Å². The molecule has 0 heterocycles. The molecular weight excluding hydrogens is 212 g/mol. The van der Waals surface area contributed by atoms with Crippen molar-refractivity contribution in [2.24, 2.45) is 17.8 Å². The number of ketones is 1. The topological polar surface area (TPSA) is 37.3 Å². The molecule has 0 amide bonds. The molecule has 1 N–H and O–H groups in total. The van der Waals surface area contributed by atoms with Gasteiger partial charge in [-0.05, 0) is 50.7 Å². The minimum atomic E-state index is -0.774. The first-order valence-corrected chi connectivity index (χ1v) is 6.46. The lowest BCUT2D eigenvalue weighted by Gasteiger charge is -2.48. The van der Waals surface area contributed by atoms with Crippen molar-refractivity contribution in [2.75, 3.05) is 0 Å². The lowest BCUT2D eigenvalue weighted by molar-refractivity contribution is -0.127. The van der Waals surface area contributed by atoms with Crippen molar-refractivity contribution in [1.82, 2.24) is 0 Å². The number of rotatable bonds is 1. The van der Waals surface area contributed by atoms with Gasteiger partial charge in [0, 0.05) is 11.8 Å². The van der Waals surface area contributed by atoms with Gasteiger partial charge in [-0.15, -0.1) is 0 Å². The average Bonchev–Trinajstić information content (AvgIpc) is 2.21. The monoisotopic (exact) mass is 234 g/mol. The molecule has 0 radical (unpaired) electrons. The molecule has 0 bridgehead atoms. The highest BCUT2D eigenvalue weighted by Gasteiger charge is 2.50. The van der Waals surface area contributed by atoms with E-state index in [1.54, 1.807) is 6.08 Å². The fourth-order valence-electron chi connectivity index (χ4n) is 3.51. The number of hydrogen-bond acceptors (Lipinski definition) is 2. The zero-order chi connectivity index (χ0) is 12.8.